The first-order valence-corrected chi connectivity index (χ1v) is 14.5. The molecule has 178 valence electrons. The van der Waals surface area contributed by atoms with Crippen molar-refractivity contribution in [3.8, 4) is 0 Å². The van der Waals surface area contributed by atoms with Crippen LogP contribution in [0.25, 0.3) is 10.1 Å². The zero-order chi connectivity index (χ0) is 24.0. The summed E-state index contributed by atoms with van der Waals surface area (Å²) in [5.41, 5.74) is 1.59. The average molecular weight is 547 g/mol. The molecule has 3 rings (SSSR count). The van der Waals surface area contributed by atoms with Crippen molar-refractivity contribution in [3.05, 3.63) is 57.6 Å². The first kappa shape index (κ1) is 26.3. The molecule has 1 heterocycles. The fourth-order valence-corrected chi connectivity index (χ4v) is 7.92. The molecular weight excluding hydrogens is 521 g/mol. The molecule has 3 aromatic rings. The minimum Gasteiger partial charge on any atom is -0.469 e. The number of hydrogen-bond acceptors (Lipinski definition) is 7. The van der Waals surface area contributed by atoms with Crippen LogP contribution in [0.3, 0.4) is 0 Å². The van der Waals surface area contributed by atoms with Gasteiger partial charge in [-0.3, -0.25) is 4.79 Å². The summed E-state index contributed by atoms with van der Waals surface area (Å²) in [4.78, 5) is 12.3. The van der Waals surface area contributed by atoms with Gasteiger partial charge in [-0.2, -0.15) is 0 Å². The van der Waals surface area contributed by atoms with E-state index in [-0.39, 0.29) is 18.1 Å². The first-order chi connectivity index (χ1) is 15.7. The molecule has 0 fully saturated rings. The van der Waals surface area contributed by atoms with Gasteiger partial charge < -0.3 is 10.1 Å². The number of esters is 1. The second-order valence-corrected chi connectivity index (χ2v) is 12.8. The fraction of sp³-hybridized carbons (Fsp3) is 0.348. The number of nitrogens with one attached hydrogen (secondary N) is 1. The molecule has 1 aromatic heterocycles. The van der Waals surface area contributed by atoms with Crippen molar-refractivity contribution in [2.75, 3.05) is 31.7 Å². The molecule has 0 aliphatic carbocycles. The summed E-state index contributed by atoms with van der Waals surface area (Å²) in [5, 5.41) is 5.40. The molecule has 0 saturated heterocycles. The maximum Gasteiger partial charge on any atom is 0.309 e. The van der Waals surface area contributed by atoms with Gasteiger partial charge >= 0.3 is 5.97 Å². The molecule has 0 saturated carbocycles. The molecular formula is C23H25Cl2NO4S3. The van der Waals surface area contributed by atoms with E-state index in [1.54, 1.807) is 23.9 Å². The molecule has 10 heteroatoms. The average Bonchev–Trinajstić information content (AvgIpc) is 3.11. The Kier molecular flexibility index (Phi) is 9.50. The second kappa shape index (κ2) is 11.9. The van der Waals surface area contributed by atoms with Crippen LogP contribution < -0.4 is 5.32 Å². The number of benzene rings is 2. The highest BCUT2D eigenvalue weighted by Crippen LogP contribution is 2.36. The third-order valence-corrected chi connectivity index (χ3v) is 10.5. The summed E-state index contributed by atoms with van der Waals surface area (Å²) in [6.45, 7) is 3.18. The summed E-state index contributed by atoms with van der Waals surface area (Å²) in [6.07, 6.45) is 0.727. The number of carbonyl (C=O) groups excluding carboxylic acids is 1. The Morgan fingerprint density at radius 3 is 2.67 bits per heavy atom. The van der Waals surface area contributed by atoms with E-state index in [0.29, 0.717) is 27.2 Å². The lowest BCUT2D eigenvalue weighted by Crippen LogP contribution is -2.21. The number of thiophene rings is 1. The molecule has 0 unspecified atom stereocenters. The minimum atomic E-state index is -3.34. The highest BCUT2D eigenvalue weighted by atomic mass is 35.5. The molecule has 0 amide bonds. The minimum absolute atomic E-state index is 0.0992. The molecule has 0 bridgehead atoms. The van der Waals surface area contributed by atoms with Gasteiger partial charge in [0.05, 0.1) is 24.3 Å². The van der Waals surface area contributed by atoms with Gasteiger partial charge in [-0.05, 0) is 66.7 Å². The van der Waals surface area contributed by atoms with Crippen molar-refractivity contribution in [2.24, 2.45) is 0 Å². The van der Waals surface area contributed by atoms with E-state index in [1.807, 2.05) is 31.2 Å². The highest BCUT2D eigenvalue weighted by molar-refractivity contribution is 7.99. The molecule has 2 aromatic carbocycles. The van der Waals surface area contributed by atoms with Crippen molar-refractivity contribution in [1.29, 1.82) is 0 Å². The zero-order valence-corrected chi connectivity index (χ0v) is 22.3. The molecule has 33 heavy (non-hydrogen) atoms. The maximum atomic E-state index is 12.8. The number of ether oxygens (including phenoxy) is 1. The first-order valence-electron chi connectivity index (χ1n) is 10.3. The summed E-state index contributed by atoms with van der Waals surface area (Å²) in [6, 6.07) is 11.0. The normalized spacial score (nSPS) is 11.8. The van der Waals surface area contributed by atoms with E-state index in [4.69, 9.17) is 23.2 Å². The van der Waals surface area contributed by atoms with Gasteiger partial charge in [0.1, 0.15) is 4.21 Å². The molecule has 0 atom stereocenters. The Bertz CT molecular complexity index is 1240. The van der Waals surface area contributed by atoms with E-state index >= 15 is 0 Å². The lowest BCUT2D eigenvalue weighted by molar-refractivity contribution is -0.139. The third kappa shape index (κ3) is 7.10. The van der Waals surface area contributed by atoms with Gasteiger partial charge in [0.2, 0.25) is 0 Å². The number of aryl methyl sites for hydroxylation is 1. The van der Waals surface area contributed by atoms with Crippen LogP contribution in [0.1, 0.15) is 17.5 Å². The zero-order valence-electron chi connectivity index (χ0n) is 18.3. The summed E-state index contributed by atoms with van der Waals surface area (Å²) >= 11 is 15.3. The van der Waals surface area contributed by atoms with Crippen molar-refractivity contribution >= 4 is 72.2 Å². The van der Waals surface area contributed by atoms with Crippen molar-refractivity contribution in [1.82, 2.24) is 5.32 Å². The van der Waals surface area contributed by atoms with E-state index < -0.39 is 9.84 Å². The van der Waals surface area contributed by atoms with Gasteiger partial charge in [-0.15, -0.1) is 23.1 Å². The molecule has 0 radical (unpaired) electrons. The Labute approximate surface area is 212 Å². The van der Waals surface area contributed by atoms with Crippen molar-refractivity contribution in [3.63, 3.8) is 0 Å². The third-order valence-electron chi connectivity index (χ3n) is 5.01. The highest BCUT2D eigenvalue weighted by Gasteiger charge is 2.21. The number of hydrogen-bond donors (Lipinski definition) is 1. The lowest BCUT2D eigenvalue weighted by Gasteiger charge is -2.08. The summed E-state index contributed by atoms with van der Waals surface area (Å²) in [5.74, 6) is 0.589. The van der Waals surface area contributed by atoms with Crippen molar-refractivity contribution < 1.29 is 17.9 Å². The van der Waals surface area contributed by atoms with E-state index in [9.17, 15) is 13.2 Å². The largest absolute Gasteiger partial charge is 0.469 e. The molecule has 1 N–H and O–H groups in total. The van der Waals surface area contributed by atoms with Gasteiger partial charge in [-0.1, -0.05) is 29.3 Å². The van der Waals surface area contributed by atoms with Crippen LogP contribution in [0.2, 0.25) is 10.0 Å². The predicted octanol–water partition coefficient (Wildman–Crippen LogP) is 5.78. The smallest absolute Gasteiger partial charge is 0.309 e. The van der Waals surface area contributed by atoms with Gasteiger partial charge in [0, 0.05) is 26.9 Å². The number of methoxy groups -OCH3 is 1. The number of thioether (sulfide) groups is 1. The second-order valence-electron chi connectivity index (χ2n) is 7.44. The quantitative estimate of drug-likeness (QED) is 0.187. The SMILES string of the molecule is COC(=O)Cc1ccc(SCCNCCCS(=O)(=O)c2sc3ccc(Cl)cc3c2C)c(Cl)c1. The Balaban J connectivity index is 1.42. The van der Waals surface area contributed by atoms with E-state index in [2.05, 4.69) is 10.1 Å². The van der Waals surface area contributed by atoms with Crippen LogP contribution in [0, 0.1) is 6.92 Å². The Morgan fingerprint density at radius 2 is 1.94 bits per heavy atom. The van der Waals surface area contributed by atoms with Crippen LogP contribution in [-0.4, -0.2) is 46.1 Å². The topological polar surface area (TPSA) is 72.5 Å². The van der Waals surface area contributed by atoms with Crippen LogP contribution >= 0.6 is 46.3 Å². The fourth-order valence-electron chi connectivity index (χ4n) is 3.32. The molecule has 0 aliphatic rings. The standard InChI is InChI=1S/C23H25Cl2NO4S3/c1-15-18-14-17(24)5-7-20(18)32-23(15)33(28,29)11-3-8-26-9-10-31-21-6-4-16(12-19(21)25)13-22(27)30-2/h4-7,12,14,26H,3,8-11,13H2,1-2H3. The predicted molar refractivity (Wildman–Crippen MR) is 139 cm³/mol. The van der Waals surface area contributed by atoms with Crippen LogP contribution in [0.4, 0.5) is 0 Å². The van der Waals surface area contributed by atoms with Gasteiger partial charge in [0.25, 0.3) is 0 Å². The summed E-state index contributed by atoms with van der Waals surface area (Å²) in [7, 11) is -1.98. The number of sulfone groups is 1. The monoisotopic (exact) mass is 545 g/mol. The number of fused-ring (bicyclic) bond motifs is 1. The maximum absolute atomic E-state index is 12.8. The number of rotatable bonds is 11. The van der Waals surface area contributed by atoms with Gasteiger partial charge in [0.15, 0.2) is 9.84 Å². The van der Waals surface area contributed by atoms with E-state index in [1.165, 1.54) is 18.4 Å². The number of carbonyl (C=O) groups is 1. The summed E-state index contributed by atoms with van der Waals surface area (Å²) < 4.78 is 31.7. The van der Waals surface area contributed by atoms with Crippen molar-refractivity contribution in [2.45, 2.75) is 28.9 Å². The van der Waals surface area contributed by atoms with Crippen LogP contribution in [-0.2, 0) is 25.8 Å². The Morgan fingerprint density at radius 1 is 1.15 bits per heavy atom. The number of halogens is 2. The lowest BCUT2D eigenvalue weighted by atomic mass is 10.1. The molecule has 0 aliphatic heterocycles. The van der Waals surface area contributed by atoms with Gasteiger partial charge in [-0.25, -0.2) is 8.42 Å². The Hall–Kier alpha value is -1.29. The molecule has 5 nitrogen and oxygen atoms in total. The van der Waals surface area contributed by atoms with Crippen LogP contribution in [0.5, 0.6) is 0 Å². The molecule has 0 spiro atoms. The van der Waals surface area contributed by atoms with E-state index in [0.717, 1.165) is 38.4 Å². The van der Waals surface area contributed by atoms with Crippen LogP contribution in [0.15, 0.2) is 45.5 Å².